The van der Waals surface area contributed by atoms with E-state index in [4.69, 9.17) is 9.47 Å². The van der Waals surface area contributed by atoms with Crippen LogP contribution in [0.3, 0.4) is 0 Å². The molecular weight excluding hydrogens is 272 g/mol. The Bertz CT molecular complexity index is 587. The molecule has 112 valence electrons. The number of fused-ring (bicyclic) bond motifs is 1. The Morgan fingerprint density at radius 2 is 2.19 bits per heavy atom. The molecule has 2 aliphatic heterocycles. The molecule has 0 radical (unpaired) electrons. The predicted molar refractivity (Wildman–Crippen MR) is 76.5 cm³/mol. The van der Waals surface area contributed by atoms with E-state index in [9.17, 15) is 9.59 Å². The Labute approximate surface area is 123 Å². The largest absolute Gasteiger partial charge is 0.482 e. The summed E-state index contributed by atoms with van der Waals surface area (Å²) in [5.74, 6) is 0.313. The SMILES string of the molecule is C[C@@H]1CN(C(=O)c2ccc3c(c2)OCC(=O)N3)[C@@H](C)CO1. The van der Waals surface area contributed by atoms with E-state index in [1.807, 2.05) is 18.7 Å². The quantitative estimate of drug-likeness (QED) is 0.845. The van der Waals surface area contributed by atoms with Crippen LogP contribution in [-0.4, -0.2) is 48.6 Å². The first-order valence-electron chi connectivity index (χ1n) is 7.04. The zero-order chi connectivity index (χ0) is 15.0. The van der Waals surface area contributed by atoms with Gasteiger partial charge in [-0.15, -0.1) is 0 Å². The lowest BCUT2D eigenvalue weighted by atomic mass is 10.1. The van der Waals surface area contributed by atoms with Gasteiger partial charge < -0.3 is 19.7 Å². The molecule has 2 aliphatic rings. The van der Waals surface area contributed by atoms with Crippen LogP contribution in [0.5, 0.6) is 5.75 Å². The van der Waals surface area contributed by atoms with E-state index >= 15 is 0 Å². The fraction of sp³-hybridized carbons (Fsp3) is 0.467. The van der Waals surface area contributed by atoms with Gasteiger partial charge in [-0.2, -0.15) is 0 Å². The number of carbonyl (C=O) groups excluding carboxylic acids is 2. The number of nitrogens with zero attached hydrogens (tertiary/aromatic N) is 1. The number of carbonyl (C=O) groups is 2. The molecule has 3 rings (SSSR count). The van der Waals surface area contributed by atoms with Crippen molar-refractivity contribution in [1.82, 2.24) is 4.90 Å². The molecule has 2 atom stereocenters. The van der Waals surface area contributed by atoms with Crippen LogP contribution in [0.15, 0.2) is 18.2 Å². The van der Waals surface area contributed by atoms with Crippen molar-refractivity contribution < 1.29 is 19.1 Å². The van der Waals surface area contributed by atoms with E-state index in [0.717, 1.165) is 0 Å². The minimum Gasteiger partial charge on any atom is -0.482 e. The fourth-order valence-corrected chi connectivity index (χ4v) is 2.56. The minimum absolute atomic E-state index is 0.0182. The number of ether oxygens (including phenoxy) is 2. The number of benzene rings is 1. The highest BCUT2D eigenvalue weighted by atomic mass is 16.5. The molecule has 6 heteroatoms. The maximum Gasteiger partial charge on any atom is 0.262 e. The van der Waals surface area contributed by atoms with E-state index < -0.39 is 0 Å². The molecule has 0 saturated carbocycles. The molecule has 1 saturated heterocycles. The van der Waals surface area contributed by atoms with Crippen LogP contribution < -0.4 is 10.1 Å². The number of amides is 2. The van der Waals surface area contributed by atoms with Crippen LogP contribution in [0.4, 0.5) is 5.69 Å². The van der Waals surface area contributed by atoms with Crippen LogP contribution in [0, 0.1) is 0 Å². The molecule has 0 bridgehead atoms. The van der Waals surface area contributed by atoms with Crippen LogP contribution in [0.2, 0.25) is 0 Å². The van der Waals surface area contributed by atoms with Crippen molar-refractivity contribution in [3.8, 4) is 5.75 Å². The van der Waals surface area contributed by atoms with E-state index in [1.54, 1.807) is 18.2 Å². The molecule has 2 amide bonds. The molecule has 21 heavy (non-hydrogen) atoms. The first-order valence-corrected chi connectivity index (χ1v) is 7.04. The summed E-state index contributed by atoms with van der Waals surface area (Å²) in [5.41, 5.74) is 1.16. The second-order valence-electron chi connectivity index (χ2n) is 5.50. The Morgan fingerprint density at radius 1 is 1.38 bits per heavy atom. The van der Waals surface area contributed by atoms with E-state index in [1.165, 1.54) is 0 Å². The standard InChI is InChI=1S/C15H18N2O4/c1-9-7-20-10(2)6-17(9)15(19)11-3-4-12-13(5-11)21-8-14(18)16-12/h3-5,9-10H,6-8H2,1-2H3,(H,16,18)/t9-,10+/m0/s1. The van der Waals surface area contributed by atoms with Crippen molar-refractivity contribution in [1.29, 1.82) is 0 Å². The van der Waals surface area contributed by atoms with Gasteiger partial charge in [0.2, 0.25) is 0 Å². The zero-order valence-corrected chi connectivity index (χ0v) is 12.1. The summed E-state index contributed by atoms with van der Waals surface area (Å²) in [6.07, 6.45) is 0.0401. The molecule has 0 aromatic heterocycles. The Balaban J connectivity index is 1.83. The van der Waals surface area contributed by atoms with Crippen molar-refractivity contribution in [2.24, 2.45) is 0 Å². The van der Waals surface area contributed by atoms with Gasteiger partial charge in [0.05, 0.1) is 24.4 Å². The first-order chi connectivity index (χ1) is 10.0. The lowest BCUT2D eigenvalue weighted by molar-refractivity contribution is -0.118. The highest BCUT2D eigenvalue weighted by Crippen LogP contribution is 2.29. The Morgan fingerprint density at radius 3 is 3.00 bits per heavy atom. The average molecular weight is 290 g/mol. The normalized spacial score (nSPS) is 24.9. The molecule has 1 aromatic rings. The van der Waals surface area contributed by atoms with Crippen LogP contribution >= 0.6 is 0 Å². The highest BCUT2D eigenvalue weighted by Gasteiger charge is 2.29. The number of morpholine rings is 1. The van der Waals surface area contributed by atoms with Gasteiger partial charge in [0.1, 0.15) is 5.75 Å². The van der Waals surface area contributed by atoms with Crippen molar-refractivity contribution >= 4 is 17.5 Å². The summed E-state index contributed by atoms with van der Waals surface area (Å²) in [5, 5.41) is 2.71. The fourth-order valence-electron chi connectivity index (χ4n) is 2.56. The Kier molecular flexibility index (Phi) is 3.55. The molecule has 0 unspecified atom stereocenters. The van der Waals surface area contributed by atoms with Crippen molar-refractivity contribution in [3.05, 3.63) is 23.8 Å². The first kappa shape index (κ1) is 13.9. The number of hydrogen-bond acceptors (Lipinski definition) is 4. The van der Waals surface area contributed by atoms with Gasteiger partial charge in [0.25, 0.3) is 11.8 Å². The average Bonchev–Trinajstić information content (AvgIpc) is 2.48. The van der Waals surface area contributed by atoms with Crippen molar-refractivity contribution in [3.63, 3.8) is 0 Å². The number of anilines is 1. The van der Waals surface area contributed by atoms with Crippen LogP contribution in [0.25, 0.3) is 0 Å². The molecule has 1 N–H and O–H groups in total. The third-order valence-electron chi connectivity index (χ3n) is 3.73. The van der Waals surface area contributed by atoms with Gasteiger partial charge in [0, 0.05) is 12.1 Å². The second kappa shape index (κ2) is 5.37. The second-order valence-corrected chi connectivity index (χ2v) is 5.50. The van der Waals surface area contributed by atoms with E-state index in [-0.39, 0.29) is 30.6 Å². The lowest BCUT2D eigenvalue weighted by Gasteiger charge is -2.37. The van der Waals surface area contributed by atoms with Gasteiger partial charge in [-0.25, -0.2) is 0 Å². The summed E-state index contributed by atoms with van der Waals surface area (Å²) in [6.45, 7) is 5.03. The third-order valence-corrected chi connectivity index (χ3v) is 3.73. The maximum absolute atomic E-state index is 12.6. The summed E-state index contributed by atoms with van der Waals surface area (Å²) < 4.78 is 10.9. The number of nitrogens with one attached hydrogen (secondary N) is 1. The van der Waals surface area contributed by atoms with Gasteiger partial charge in [-0.1, -0.05) is 0 Å². The Hall–Kier alpha value is -2.08. The summed E-state index contributed by atoms with van der Waals surface area (Å²) in [6, 6.07) is 5.14. The van der Waals surface area contributed by atoms with Gasteiger partial charge in [-0.3, -0.25) is 9.59 Å². The summed E-state index contributed by atoms with van der Waals surface area (Å²) in [4.78, 5) is 25.7. The van der Waals surface area contributed by atoms with Gasteiger partial charge in [0.15, 0.2) is 6.61 Å². The topological polar surface area (TPSA) is 67.9 Å². The molecule has 1 fully saturated rings. The maximum atomic E-state index is 12.6. The van der Waals surface area contributed by atoms with E-state index in [0.29, 0.717) is 30.2 Å². The number of rotatable bonds is 1. The molecule has 2 heterocycles. The zero-order valence-electron chi connectivity index (χ0n) is 12.1. The minimum atomic E-state index is -0.183. The predicted octanol–water partition coefficient (Wildman–Crippen LogP) is 1.27. The monoisotopic (exact) mass is 290 g/mol. The van der Waals surface area contributed by atoms with Crippen LogP contribution in [-0.2, 0) is 9.53 Å². The van der Waals surface area contributed by atoms with Crippen molar-refractivity contribution in [2.75, 3.05) is 25.1 Å². The smallest absolute Gasteiger partial charge is 0.262 e. The molecule has 6 nitrogen and oxygen atoms in total. The highest BCUT2D eigenvalue weighted by molar-refractivity contribution is 5.99. The van der Waals surface area contributed by atoms with Crippen molar-refractivity contribution in [2.45, 2.75) is 26.0 Å². The van der Waals surface area contributed by atoms with Crippen LogP contribution in [0.1, 0.15) is 24.2 Å². The van der Waals surface area contributed by atoms with E-state index in [2.05, 4.69) is 5.32 Å². The molecule has 1 aromatic carbocycles. The van der Waals surface area contributed by atoms with Gasteiger partial charge >= 0.3 is 0 Å². The number of hydrogen-bond donors (Lipinski definition) is 1. The van der Waals surface area contributed by atoms with Gasteiger partial charge in [-0.05, 0) is 32.0 Å². The molecular formula is C15H18N2O4. The summed E-state index contributed by atoms with van der Waals surface area (Å²) >= 11 is 0. The molecule has 0 spiro atoms. The molecule has 0 aliphatic carbocycles. The summed E-state index contributed by atoms with van der Waals surface area (Å²) in [7, 11) is 0. The lowest BCUT2D eigenvalue weighted by Crippen LogP contribution is -2.50. The third kappa shape index (κ3) is 2.71.